The first-order valence-electron chi connectivity index (χ1n) is 5.29. The fourth-order valence-corrected chi connectivity index (χ4v) is 2.56. The molecule has 84 valence electrons. The lowest BCUT2D eigenvalue weighted by Gasteiger charge is -2.08. The highest BCUT2D eigenvalue weighted by Crippen LogP contribution is 2.34. The van der Waals surface area contributed by atoms with Crippen molar-refractivity contribution in [1.82, 2.24) is 0 Å². The van der Waals surface area contributed by atoms with Crippen LogP contribution in [-0.4, -0.2) is 7.05 Å². The largest absolute Gasteiger partial charge is 0.387 e. The Kier molecular flexibility index (Phi) is 3.69. The molecule has 2 aromatic carbocycles. The maximum absolute atomic E-state index is 9.04. The van der Waals surface area contributed by atoms with Gasteiger partial charge in [-0.1, -0.05) is 36.0 Å². The second-order valence-electron chi connectivity index (χ2n) is 3.46. The van der Waals surface area contributed by atoms with E-state index in [4.69, 9.17) is 5.26 Å². The Morgan fingerprint density at radius 1 is 1.00 bits per heavy atom. The standard InChI is InChI=1S/C14H12N2S/c1-16-12-7-3-5-9-14(12)17-13-8-4-2-6-11(13)10-15/h2-9,16H,1H3. The fraction of sp³-hybridized carbons (Fsp3) is 0.0714. The van der Waals surface area contributed by atoms with Crippen LogP contribution in [0.5, 0.6) is 0 Å². The molecule has 0 spiro atoms. The molecule has 0 aliphatic rings. The molecule has 0 saturated carbocycles. The number of nitrogens with zero attached hydrogens (tertiary/aromatic N) is 1. The van der Waals surface area contributed by atoms with Crippen molar-refractivity contribution in [1.29, 1.82) is 5.26 Å². The van der Waals surface area contributed by atoms with Crippen molar-refractivity contribution in [3.8, 4) is 6.07 Å². The molecule has 2 nitrogen and oxygen atoms in total. The first-order chi connectivity index (χ1) is 8.35. The highest BCUT2D eigenvalue weighted by Gasteiger charge is 2.05. The lowest BCUT2D eigenvalue weighted by molar-refractivity contribution is 1.34. The summed E-state index contributed by atoms with van der Waals surface area (Å²) in [5.41, 5.74) is 1.79. The van der Waals surface area contributed by atoms with Gasteiger partial charge in [0.25, 0.3) is 0 Å². The molecule has 0 saturated heterocycles. The maximum Gasteiger partial charge on any atom is 0.100 e. The van der Waals surface area contributed by atoms with E-state index in [2.05, 4.69) is 11.4 Å². The van der Waals surface area contributed by atoms with Gasteiger partial charge in [-0.2, -0.15) is 5.26 Å². The summed E-state index contributed by atoms with van der Waals surface area (Å²) >= 11 is 1.60. The Balaban J connectivity index is 2.35. The van der Waals surface area contributed by atoms with Gasteiger partial charge in [0.05, 0.1) is 5.56 Å². The zero-order chi connectivity index (χ0) is 12.1. The summed E-state index contributed by atoms with van der Waals surface area (Å²) in [5, 5.41) is 12.2. The van der Waals surface area contributed by atoms with E-state index in [1.165, 1.54) is 0 Å². The second kappa shape index (κ2) is 5.42. The normalized spacial score (nSPS) is 9.65. The number of hydrogen-bond acceptors (Lipinski definition) is 3. The lowest BCUT2D eigenvalue weighted by Crippen LogP contribution is -1.90. The first-order valence-corrected chi connectivity index (χ1v) is 6.10. The molecule has 0 fully saturated rings. The van der Waals surface area contributed by atoms with E-state index < -0.39 is 0 Å². The van der Waals surface area contributed by atoms with Crippen molar-refractivity contribution in [3.05, 3.63) is 54.1 Å². The van der Waals surface area contributed by atoms with E-state index in [1.807, 2.05) is 55.6 Å². The van der Waals surface area contributed by atoms with Gasteiger partial charge in [0.15, 0.2) is 0 Å². The van der Waals surface area contributed by atoms with E-state index in [9.17, 15) is 0 Å². The highest BCUT2D eigenvalue weighted by molar-refractivity contribution is 7.99. The number of hydrogen-bond donors (Lipinski definition) is 1. The van der Waals surface area contributed by atoms with Crippen LogP contribution in [0.25, 0.3) is 0 Å². The number of para-hydroxylation sites is 1. The molecule has 0 radical (unpaired) electrons. The molecule has 3 heteroatoms. The quantitative estimate of drug-likeness (QED) is 0.887. The van der Waals surface area contributed by atoms with Gasteiger partial charge in [-0.05, 0) is 24.3 Å². The summed E-state index contributed by atoms with van der Waals surface area (Å²) in [6, 6.07) is 17.9. The molecule has 0 amide bonds. The molecule has 17 heavy (non-hydrogen) atoms. The number of rotatable bonds is 3. The predicted octanol–water partition coefficient (Wildman–Crippen LogP) is 3.75. The summed E-state index contributed by atoms with van der Waals surface area (Å²) in [5.74, 6) is 0. The third-order valence-electron chi connectivity index (χ3n) is 2.38. The summed E-state index contributed by atoms with van der Waals surface area (Å²) in [6.45, 7) is 0. The molecule has 0 aliphatic carbocycles. The van der Waals surface area contributed by atoms with Crippen molar-refractivity contribution in [3.63, 3.8) is 0 Å². The Labute approximate surface area is 105 Å². The van der Waals surface area contributed by atoms with Gasteiger partial charge in [-0.15, -0.1) is 0 Å². The van der Waals surface area contributed by atoms with Crippen molar-refractivity contribution in [2.45, 2.75) is 9.79 Å². The third-order valence-corrected chi connectivity index (χ3v) is 3.54. The second-order valence-corrected chi connectivity index (χ2v) is 4.54. The average Bonchev–Trinajstić information content (AvgIpc) is 2.40. The van der Waals surface area contributed by atoms with Crippen LogP contribution in [0.2, 0.25) is 0 Å². The predicted molar refractivity (Wildman–Crippen MR) is 71.3 cm³/mol. The number of nitriles is 1. The molecule has 0 aliphatic heterocycles. The van der Waals surface area contributed by atoms with Crippen LogP contribution in [0.4, 0.5) is 5.69 Å². The van der Waals surface area contributed by atoms with Gasteiger partial charge >= 0.3 is 0 Å². The van der Waals surface area contributed by atoms with Crippen LogP contribution in [0.3, 0.4) is 0 Å². The van der Waals surface area contributed by atoms with Gasteiger partial charge in [-0.25, -0.2) is 0 Å². The molecule has 0 bridgehead atoms. The van der Waals surface area contributed by atoms with E-state index in [-0.39, 0.29) is 0 Å². The summed E-state index contributed by atoms with van der Waals surface area (Å²) < 4.78 is 0. The van der Waals surface area contributed by atoms with E-state index in [0.717, 1.165) is 15.5 Å². The van der Waals surface area contributed by atoms with Gasteiger partial charge in [0, 0.05) is 22.5 Å². The lowest BCUT2D eigenvalue weighted by atomic mass is 10.2. The average molecular weight is 240 g/mol. The van der Waals surface area contributed by atoms with Crippen molar-refractivity contribution < 1.29 is 0 Å². The molecule has 1 N–H and O–H groups in total. The fourth-order valence-electron chi connectivity index (χ4n) is 1.53. The minimum Gasteiger partial charge on any atom is -0.387 e. The minimum atomic E-state index is 0.711. The molecule has 0 unspecified atom stereocenters. The van der Waals surface area contributed by atoms with Crippen molar-refractivity contribution >= 4 is 17.4 Å². The van der Waals surface area contributed by atoms with Crippen LogP contribution in [-0.2, 0) is 0 Å². The Bertz CT molecular complexity index is 558. The molecule has 2 rings (SSSR count). The van der Waals surface area contributed by atoms with Crippen LogP contribution in [0.15, 0.2) is 58.3 Å². The zero-order valence-corrected chi connectivity index (χ0v) is 10.3. The highest BCUT2D eigenvalue weighted by atomic mass is 32.2. The summed E-state index contributed by atoms with van der Waals surface area (Å²) in [4.78, 5) is 2.11. The van der Waals surface area contributed by atoms with Gasteiger partial charge in [0.2, 0.25) is 0 Å². The summed E-state index contributed by atoms with van der Waals surface area (Å²) in [7, 11) is 1.90. The first kappa shape index (κ1) is 11.6. The number of anilines is 1. The molecular weight excluding hydrogens is 228 g/mol. The van der Waals surface area contributed by atoms with Crippen LogP contribution >= 0.6 is 11.8 Å². The smallest absolute Gasteiger partial charge is 0.100 e. The van der Waals surface area contributed by atoms with Crippen LogP contribution < -0.4 is 5.32 Å². The minimum absolute atomic E-state index is 0.711. The van der Waals surface area contributed by atoms with Crippen molar-refractivity contribution in [2.75, 3.05) is 12.4 Å². The van der Waals surface area contributed by atoms with E-state index in [0.29, 0.717) is 5.56 Å². The zero-order valence-electron chi connectivity index (χ0n) is 9.47. The Morgan fingerprint density at radius 2 is 1.65 bits per heavy atom. The summed E-state index contributed by atoms with van der Waals surface area (Å²) in [6.07, 6.45) is 0. The number of nitrogens with one attached hydrogen (secondary N) is 1. The molecule has 0 aromatic heterocycles. The Hall–Kier alpha value is -1.92. The Morgan fingerprint density at radius 3 is 2.35 bits per heavy atom. The number of benzene rings is 2. The van der Waals surface area contributed by atoms with Gasteiger partial charge in [-0.3, -0.25) is 0 Å². The van der Waals surface area contributed by atoms with Gasteiger partial charge < -0.3 is 5.32 Å². The van der Waals surface area contributed by atoms with E-state index in [1.54, 1.807) is 11.8 Å². The molecular formula is C14H12N2S. The van der Waals surface area contributed by atoms with Gasteiger partial charge in [0.1, 0.15) is 6.07 Å². The van der Waals surface area contributed by atoms with Crippen molar-refractivity contribution in [2.24, 2.45) is 0 Å². The molecule has 0 atom stereocenters. The topological polar surface area (TPSA) is 35.8 Å². The molecule has 0 heterocycles. The molecule has 2 aromatic rings. The maximum atomic E-state index is 9.04. The van der Waals surface area contributed by atoms with E-state index >= 15 is 0 Å². The monoisotopic (exact) mass is 240 g/mol. The van der Waals surface area contributed by atoms with Crippen LogP contribution in [0, 0.1) is 11.3 Å². The third kappa shape index (κ3) is 2.61. The SMILES string of the molecule is CNc1ccccc1Sc1ccccc1C#N. The van der Waals surface area contributed by atoms with Crippen LogP contribution in [0.1, 0.15) is 5.56 Å².